The number of alkyl halides is 1. The number of amides is 3. The summed E-state index contributed by atoms with van der Waals surface area (Å²) in [5.74, 6) is 0.177. The van der Waals surface area contributed by atoms with Gasteiger partial charge in [-0.3, -0.25) is 19.4 Å². The molecule has 14 nitrogen and oxygen atoms in total. The number of nitrogens with zero attached hydrogens (tertiary/aromatic N) is 2. The second-order valence-corrected chi connectivity index (χ2v) is 16.6. The van der Waals surface area contributed by atoms with Crippen molar-refractivity contribution in [2.45, 2.75) is 97.4 Å². The van der Waals surface area contributed by atoms with Crippen LogP contribution in [0.3, 0.4) is 0 Å². The quantitative estimate of drug-likeness (QED) is 0.0201. The van der Waals surface area contributed by atoms with E-state index < -0.39 is 49.1 Å². The van der Waals surface area contributed by atoms with Gasteiger partial charge in [0, 0.05) is 17.7 Å². The molecule has 1 heterocycles. The van der Waals surface area contributed by atoms with Crippen LogP contribution in [0.1, 0.15) is 90.3 Å². The third-order valence-electron chi connectivity index (χ3n) is 10.5. The molecular weight excluding hydrogens is 804 g/mol. The minimum Gasteiger partial charge on any atom is -0.493 e. The molecule has 5 aromatic rings. The Kier molecular flexibility index (Phi) is 18.1. The van der Waals surface area contributed by atoms with Gasteiger partial charge in [-0.15, -0.1) is 0 Å². The number of aromatic nitrogens is 1. The fraction of sp³-hybridized carbons (Fsp3) is 0.438. The minimum atomic E-state index is -1.06. The van der Waals surface area contributed by atoms with Crippen LogP contribution in [-0.2, 0) is 21.1 Å². The maximum atomic E-state index is 14.1. The van der Waals surface area contributed by atoms with Gasteiger partial charge < -0.3 is 47.0 Å². The summed E-state index contributed by atoms with van der Waals surface area (Å²) < 4.78 is 31.8. The number of benzene rings is 4. The molecule has 0 unspecified atom stereocenters. The maximum absolute atomic E-state index is 14.1. The van der Waals surface area contributed by atoms with Crippen molar-refractivity contribution < 1.29 is 32.7 Å². The summed E-state index contributed by atoms with van der Waals surface area (Å²) in [4.78, 5) is 50.2. The molecule has 1 aromatic heterocycles. The van der Waals surface area contributed by atoms with E-state index in [9.17, 15) is 18.8 Å². The fourth-order valence-electron chi connectivity index (χ4n) is 7.36. The Bertz CT molecular complexity index is 2310. The van der Waals surface area contributed by atoms with E-state index in [1.54, 1.807) is 0 Å². The number of guanidine groups is 1. The number of ether oxygens (including phenoxy) is 2. The lowest BCUT2D eigenvalue weighted by Crippen LogP contribution is -2.54. The van der Waals surface area contributed by atoms with Crippen LogP contribution < -0.4 is 42.6 Å². The Balaban J connectivity index is 1.39. The molecule has 3 amide bonds. The Morgan fingerprint density at radius 3 is 1.94 bits per heavy atom. The van der Waals surface area contributed by atoms with Gasteiger partial charge in [-0.2, -0.15) is 0 Å². The van der Waals surface area contributed by atoms with E-state index in [1.165, 1.54) is 6.26 Å². The highest BCUT2D eigenvalue weighted by molar-refractivity contribution is 6.10. The minimum absolute atomic E-state index is 0.0992. The summed E-state index contributed by atoms with van der Waals surface area (Å²) in [5, 5.41) is 12.6. The molecule has 0 aliphatic heterocycles. The topological polar surface area (TPSA) is 222 Å². The summed E-state index contributed by atoms with van der Waals surface area (Å²) in [5.41, 5.74) is 18.6. The molecule has 0 aliphatic carbocycles. The van der Waals surface area contributed by atoms with Crippen molar-refractivity contribution in [3.05, 3.63) is 90.6 Å². The number of hydrogen-bond donors (Lipinski definition) is 6. The molecular formula is C48H63FN8O6. The van der Waals surface area contributed by atoms with Crippen LogP contribution in [0.5, 0.6) is 11.5 Å². The average Bonchev–Trinajstić information content (AvgIpc) is 3.75. The van der Waals surface area contributed by atoms with Crippen molar-refractivity contribution in [1.29, 1.82) is 0 Å². The second-order valence-electron chi connectivity index (χ2n) is 16.6. The molecule has 0 aliphatic rings. The zero-order chi connectivity index (χ0) is 45.3. The number of hydrogen-bond acceptors (Lipinski definition) is 9. The van der Waals surface area contributed by atoms with Gasteiger partial charge in [0.25, 0.3) is 5.91 Å². The van der Waals surface area contributed by atoms with E-state index >= 15 is 0 Å². The number of aliphatic imine (C=N–C) groups is 1. The molecule has 5 rings (SSSR count). The van der Waals surface area contributed by atoms with Crippen LogP contribution in [0.4, 0.5) is 4.39 Å². The van der Waals surface area contributed by atoms with Gasteiger partial charge in [0.1, 0.15) is 48.3 Å². The molecule has 9 N–H and O–H groups in total. The van der Waals surface area contributed by atoms with Crippen LogP contribution in [0.15, 0.2) is 88.5 Å². The second kappa shape index (κ2) is 23.8. The van der Waals surface area contributed by atoms with Crippen LogP contribution >= 0.6 is 0 Å². The number of nitrogens with two attached hydrogens (primary N) is 3. The molecule has 4 aromatic carbocycles. The normalized spacial score (nSPS) is 12.8. The van der Waals surface area contributed by atoms with Crippen molar-refractivity contribution in [2.75, 3.05) is 26.3 Å². The van der Waals surface area contributed by atoms with Gasteiger partial charge in [0.15, 0.2) is 12.6 Å². The third-order valence-corrected chi connectivity index (χ3v) is 10.5. The van der Waals surface area contributed by atoms with Crippen LogP contribution in [0.25, 0.3) is 32.7 Å². The first-order valence-electron chi connectivity index (χ1n) is 21.8. The summed E-state index contributed by atoms with van der Waals surface area (Å²) in [6.07, 6.45) is 4.44. The number of oxazole rings is 1. The number of nitrogens with one attached hydrogen (secondary N) is 3. The van der Waals surface area contributed by atoms with Gasteiger partial charge in [-0.1, -0.05) is 88.4 Å². The highest BCUT2D eigenvalue weighted by atomic mass is 19.1. The predicted octanol–water partition coefficient (Wildman–Crippen LogP) is 6.98. The van der Waals surface area contributed by atoms with Crippen LogP contribution in [-0.4, -0.2) is 67.1 Å². The van der Waals surface area contributed by atoms with Crippen molar-refractivity contribution >= 4 is 45.2 Å². The SMILES string of the molecule is CC(C)CCOc1ccc2ccccc2c1-c1c(OCC(=O)N[C@H](CCCCN)C(=O)N[C@H](CCCN=C(N)N)C(=O)N[C@@H](CC(C)C)c2nc(CF)co2)ccc2ccccc12. The van der Waals surface area contributed by atoms with E-state index in [2.05, 4.69) is 45.8 Å². The molecule has 338 valence electrons. The van der Waals surface area contributed by atoms with Crippen molar-refractivity contribution in [2.24, 2.45) is 34.0 Å². The molecule has 0 fully saturated rings. The molecule has 0 spiro atoms. The Morgan fingerprint density at radius 2 is 1.35 bits per heavy atom. The summed E-state index contributed by atoms with van der Waals surface area (Å²) in [6, 6.07) is 21.1. The highest BCUT2D eigenvalue weighted by Gasteiger charge is 2.30. The standard InChI is InChI=1S/C48H63FN8O6/c1-30(2)22-25-61-40-20-18-32-12-5-7-14-35(32)43(40)44-36-15-8-6-13-33(36)19-21-41(44)62-29-42(58)55-37(16-9-10-23-50)45(59)56-38(17-11-24-53-48(51)52)46(60)57-39(26-31(3)4)47-54-34(27-49)28-63-47/h5-8,12-15,18-21,28,30-31,37-39H,9-11,16-17,22-27,29,50H2,1-4H3,(H,55,58)(H,56,59)(H,57,60)(H4,51,52,53)/t37-,38-,39+/m1/s1. The largest absolute Gasteiger partial charge is 0.493 e. The first-order valence-corrected chi connectivity index (χ1v) is 21.8. The highest BCUT2D eigenvalue weighted by Crippen LogP contribution is 2.45. The third kappa shape index (κ3) is 13.9. The number of carbonyl (C=O) groups is 3. The Morgan fingerprint density at radius 1 is 0.746 bits per heavy atom. The fourth-order valence-corrected chi connectivity index (χ4v) is 7.36. The first-order chi connectivity index (χ1) is 30.4. The number of unbranched alkanes of at least 4 members (excludes halogenated alkanes) is 1. The van der Waals surface area contributed by atoms with Gasteiger partial charge in [-0.25, -0.2) is 9.37 Å². The number of rotatable bonds is 25. The van der Waals surface area contributed by atoms with E-state index in [0.29, 0.717) is 56.3 Å². The molecule has 3 atom stereocenters. The lowest BCUT2D eigenvalue weighted by Gasteiger charge is -2.25. The summed E-state index contributed by atoms with van der Waals surface area (Å²) >= 11 is 0. The van der Waals surface area contributed by atoms with Gasteiger partial charge in [0.05, 0.1) is 6.61 Å². The van der Waals surface area contributed by atoms with Crippen LogP contribution in [0.2, 0.25) is 0 Å². The molecule has 0 radical (unpaired) electrons. The van der Waals surface area contributed by atoms with Gasteiger partial charge in [-0.05, 0) is 97.0 Å². The van der Waals surface area contributed by atoms with Crippen LogP contribution in [0, 0.1) is 11.8 Å². The zero-order valence-corrected chi connectivity index (χ0v) is 36.8. The van der Waals surface area contributed by atoms with E-state index in [-0.39, 0.29) is 42.8 Å². The van der Waals surface area contributed by atoms with E-state index in [4.69, 9.17) is 31.1 Å². The van der Waals surface area contributed by atoms with Crippen molar-refractivity contribution in [3.63, 3.8) is 0 Å². The summed E-state index contributed by atoms with van der Waals surface area (Å²) in [6.45, 7) is 8.16. The predicted molar refractivity (Wildman–Crippen MR) is 246 cm³/mol. The Hall–Kier alpha value is -6.22. The average molecular weight is 867 g/mol. The van der Waals surface area contributed by atoms with Gasteiger partial charge in [0.2, 0.25) is 17.7 Å². The van der Waals surface area contributed by atoms with Crippen molar-refractivity contribution in [3.8, 4) is 22.6 Å². The first kappa shape index (κ1) is 47.8. The van der Waals surface area contributed by atoms with E-state index in [1.807, 2.05) is 80.6 Å². The monoisotopic (exact) mass is 866 g/mol. The Labute approximate surface area is 368 Å². The number of carbonyl (C=O) groups excluding carboxylic acids is 3. The maximum Gasteiger partial charge on any atom is 0.258 e. The lowest BCUT2D eigenvalue weighted by atomic mass is 9.92. The van der Waals surface area contributed by atoms with Gasteiger partial charge >= 0.3 is 0 Å². The molecule has 63 heavy (non-hydrogen) atoms. The lowest BCUT2D eigenvalue weighted by molar-refractivity contribution is -0.133. The molecule has 0 bridgehead atoms. The molecule has 0 saturated carbocycles. The molecule has 0 saturated heterocycles. The van der Waals surface area contributed by atoms with E-state index in [0.717, 1.165) is 39.1 Å². The molecule has 15 heteroatoms. The zero-order valence-electron chi connectivity index (χ0n) is 36.8. The smallest absolute Gasteiger partial charge is 0.258 e. The number of fused-ring (bicyclic) bond motifs is 2. The number of halogens is 1. The summed E-state index contributed by atoms with van der Waals surface area (Å²) in [7, 11) is 0. The van der Waals surface area contributed by atoms with Crippen molar-refractivity contribution in [1.82, 2.24) is 20.9 Å².